The average molecular weight is 255 g/mol. The van der Waals surface area contributed by atoms with Gasteiger partial charge in [0.25, 0.3) is 0 Å². The minimum absolute atomic E-state index is 0.0797. The Kier molecular flexibility index (Phi) is 2.89. The molecule has 2 aromatic rings. The van der Waals surface area contributed by atoms with Crippen molar-refractivity contribution in [2.45, 2.75) is 19.6 Å². The van der Waals surface area contributed by atoms with Gasteiger partial charge in [-0.15, -0.1) is 0 Å². The number of anilines is 1. The van der Waals surface area contributed by atoms with Gasteiger partial charge < -0.3 is 10.0 Å². The first kappa shape index (κ1) is 11.7. The summed E-state index contributed by atoms with van der Waals surface area (Å²) >= 11 is 0. The zero-order valence-corrected chi connectivity index (χ0v) is 10.3. The number of nitriles is 1. The van der Waals surface area contributed by atoms with E-state index in [-0.39, 0.29) is 6.61 Å². The molecule has 3 rings (SSSR count). The maximum Gasteiger partial charge on any atom is 0.130 e. The van der Waals surface area contributed by atoms with Crippen LogP contribution in [0.4, 0.5) is 5.82 Å². The molecular formula is C13H13N5O. The molecule has 0 saturated carbocycles. The molecule has 0 atom stereocenters. The highest BCUT2D eigenvalue weighted by Gasteiger charge is 2.24. The van der Waals surface area contributed by atoms with Crippen LogP contribution in [0.25, 0.3) is 0 Å². The van der Waals surface area contributed by atoms with E-state index in [1.807, 2.05) is 10.9 Å². The summed E-state index contributed by atoms with van der Waals surface area (Å²) in [4.78, 5) is 6.40. The maximum atomic E-state index is 9.00. The summed E-state index contributed by atoms with van der Waals surface area (Å²) in [5, 5.41) is 22.2. The first-order chi connectivity index (χ1) is 9.31. The van der Waals surface area contributed by atoms with Crippen LogP contribution >= 0.6 is 0 Å². The zero-order chi connectivity index (χ0) is 13.2. The van der Waals surface area contributed by atoms with Crippen LogP contribution in [0.1, 0.15) is 16.8 Å². The Hall–Kier alpha value is -2.39. The molecule has 0 aromatic carbocycles. The fourth-order valence-corrected chi connectivity index (χ4v) is 2.32. The lowest BCUT2D eigenvalue weighted by Gasteiger charge is -2.17. The molecule has 0 saturated heterocycles. The molecule has 0 unspecified atom stereocenters. The quantitative estimate of drug-likeness (QED) is 0.871. The van der Waals surface area contributed by atoms with Crippen molar-refractivity contribution in [3.63, 3.8) is 0 Å². The van der Waals surface area contributed by atoms with Gasteiger partial charge in [0.2, 0.25) is 0 Å². The average Bonchev–Trinajstić information content (AvgIpc) is 3.01. The van der Waals surface area contributed by atoms with Gasteiger partial charge in [0.1, 0.15) is 5.82 Å². The highest BCUT2D eigenvalue weighted by atomic mass is 16.3. The number of fused-ring (bicyclic) bond motifs is 1. The third-order valence-corrected chi connectivity index (χ3v) is 3.25. The van der Waals surface area contributed by atoms with Gasteiger partial charge in [-0.05, 0) is 12.1 Å². The SMILES string of the molecule is N#Cc1ccnc(N2Cc3cnn(CCO)c3C2)c1. The Morgan fingerprint density at radius 2 is 2.32 bits per heavy atom. The van der Waals surface area contributed by atoms with Gasteiger partial charge in [-0.3, -0.25) is 4.68 Å². The minimum atomic E-state index is 0.0797. The molecule has 0 bridgehead atoms. The standard InChI is InChI=1S/C13H13N5O/c14-6-10-1-2-15-13(5-10)17-8-11-7-16-18(3-4-19)12(11)9-17/h1-2,5,7,19H,3-4,8-9H2. The van der Waals surface area contributed by atoms with Crippen LogP contribution in [0, 0.1) is 11.3 Å². The van der Waals surface area contributed by atoms with E-state index in [0.717, 1.165) is 23.6 Å². The second-order valence-electron chi connectivity index (χ2n) is 4.43. The molecule has 1 aliphatic rings. The van der Waals surface area contributed by atoms with E-state index in [0.29, 0.717) is 18.7 Å². The minimum Gasteiger partial charge on any atom is -0.394 e. The Labute approximate surface area is 110 Å². The second-order valence-corrected chi connectivity index (χ2v) is 4.43. The second kappa shape index (κ2) is 4.71. The van der Waals surface area contributed by atoms with Crippen LogP contribution < -0.4 is 4.90 Å². The van der Waals surface area contributed by atoms with Crippen molar-refractivity contribution in [1.29, 1.82) is 5.26 Å². The molecule has 0 fully saturated rings. The summed E-state index contributed by atoms with van der Waals surface area (Å²) in [5.74, 6) is 0.797. The van der Waals surface area contributed by atoms with Crippen molar-refractivity contribution in [2.24, 2.45) is 0 Å². The predicted octanol–water partition coefficient (Wildman–Crippen LogP) is 0.662. The Bertz CT molecular complexity index is 643. The molecule has 0 radical (unpaired) electrons. The number of aromatic nitrogens is 3. The molecular weight excluding hydrogens is 242 g/mol. The molecule has 0 amide bonds. The van der Waals surface area contributed by atoms with Crippen molar-refractivity contribution in [2.75, 3.05) is 11.5 Å². The third kappa shape index (κ3) is 2.04. The predicted molar refractivity (Wildman–Crippen MR) is 68.2 cm³/mol. The summed E-state index contributed by atoms with van der Waals surface area (Å²) in [7, 11) is 0. The Morgan fingerprint density at radius 1 is 1.42 bits per heavy atom. The molecule has 2 aromatic heterocycles. The van der Waals surface area contributed by atoms with Crippen molar-refractivity contribution in [3.8, 4) is 6.07 Å². The summed E-state index contributed by atoms with van der Waals surface area (Å²) in [6, 6.07) is 5.60. The van der Waals surface area contributed by atoms with Crippen molar-refractivity contribution < 1.29 is 5.11 Å². The summed E-state index contributed by atoms with van der Waals surface area (Å²) in [6.45, 7) is 2.03. The van der Waals surface area contributed by atoms with E-state index in [1.165, 1.54) is 0 Å². The molecule has 3 heterocycles. The zero-order valence-electron chi connectivity index (χ0n) is 10.3. The lowest BCUT2D eigenvalue weighted by atomic mass is 10.3. The maximum absolute atomic E-state index is 9.00. The number of aliphatic hydroxyl groups is 1. The van der Waals surface area contributed by atoms with Gasteiger partial charge in [-0.2, -0.15) is 10.4 Å². The monoisotopic (exact) mass is 255 g/mol. The molecule has 96 valence electrons. The van der Waals surface area contributed by atoms with E-state index < -0.39 is 0 Å². The molecule has 0 spiro atoms. The smallest absolute Gasteiger partial charge is 0.130 e. The first-order valence-corrected chi connectivity index (χ1v) is 6.07. The van der Waals surface area contributed by atoms with E-state index in [4.69, 9.17) is 10.4 Å². The highest BCUT2D eigenvalue weighted by molar-refractivity contribution is 5.48. The van der Waals surface area contributed by atoms with Crippen LogP contribution in [-0.2, 0) is 19.6 Å². The number of aliphatic hydroxyl groups excluding tert-OH is 1. The first-order valence-electron chi connectivity index (χ1n) is 6.07. The van der Waals surface area contributed by atoms with Gasteiger partial charge in [-0.1, -0.05) is 0 Å². The van der Waals surface area contributed by atoms with Crippen LogP contribution in [0.15, 0.2) is 24.5 Å². The van der Waals surface area contributed by atoms with Crippen LogP contribution in [0.3, 0.4) is 0 Å². The molecule has 1 aliphatic heterocycles. The number of pyridine rings is 1. The number of hydrogen-bond donors (Lipinski definition) is 1. The van der Waals surface area contributed by atoms with Gasteiger partial charge in [0.05, 0.1) is 43.2 Å². The highest BCUT2D eigenvalue weighted by Crippen LogP contribution is 2.26. The van der Waals surface area contributed by atoms with E-state index in [2.05, 4.69) is 21.1 Å². The van der Waals surface area contributed by atoms with E-state index >= 15 is 0 Å². The number of rotatable bonds is 3. The van der Waals surface area contributed by atoms with Crippen LogP contribution in [0.2, 0.25) is 0 Å². The molecule has 6 nitrogen and oxygen atoms in total. The van der Waals surface area contributed by atoms with Crippen molar-refractivity contribution >= 4 is 5.82 Å². The van der Waals surface area contributed by atoms with E-state index in [1.54, 1.807) is 18.3 Å². The molecule has 1 N–H and O–H groups in total. The van der Waals surface area contributed by atoms with Gasteiger partial charge in [-0.25, -0.2) is 4.98 Å². The Morgan fingerprint density at radius 3 is 3.11 bits per heavy atom. The van der Waals surface area contributed by atoms with Gasteiger partial charge in [0, 0.05) is 18.3 Å². The Balaban J connectivity index is 1.85. The number of nitrogens with zero attached hydrogens (tertiary/aromatic N) is 5. The van der Waals surface area contributed by atoms with Crippen LogP contribution in [-0.4, -0.2) is 26.5 Å². The molecule has 6 heteroatoms. The molecule has 19 heavy (non-hydrogen) atoms. The lowest BCUT2D eigenvalue weighted by Crippen LogP contribution is -2.18. The van der Waals surface area contributed by atoms with Gasteiger partial charge in [0.15, 0.2) is 0 Å². The van der Waals surface area contributed by atoms with E-state index in [9.17, 15) is 0 Å². The summed E-state index contributed by atoms with van der Waals surface area (Å²) in [5.41, 5.74) is 2.87. The fraction of sp³-hybridized carbons (Fsp3) is 0.308. The van der Waals surface area contributed by atoms with Crippen LogP contribution in [0.5, 0.6) is 0 Å². The summed E-state index contributed by atoms with van der Waals surface area (Å²) < 4.78 is 1.82. The fourth-order valence-electron chi connectivity index (χ4n) is 2.32. The van der Waals surface area contributed by atoms with Gasteiger partial charge >= 0.3 is 0 Å². The molecule has 0 aliphatic carbocycles. The topological polar surface area (TPSA) is 78.0 Å². The normalized spacial score (nSPS) is 13.4. The van der Waals surface area contributed by atoms with Crippen molar-refractivity contribution in [3.05, 3.63) is 41.3 Å². The third-order valence-electron chi connectivity index (χ3n) is 3.25. The lowest BCUT2D eigenvalue weighted by molar-refractivity contribution is 0.267. The van der Waals surface area contributed by atoms with Crippen molar-refractivity contribution in [1.82, 2.24) is 14.8 Å². The largest absolute Gasteiger partial charge is 0.394 e. The number of hydrogen-bond acceptors (Lipinski definition) is 5. The summed E-state index contributed by atoms with van der Waals surface area (Å²) in [6.07, 6.45) is 3.48.